The average Bonchev–Trinajstić information content (AvgIpc) is 2.91. The number of halogens is 3. The molecule has 1 heterocycles. The Morgan fingerprint density at radius 3 is 2.48 bits per heavy atom. The van der Waals surface area contributed by atoms with Crippen LogP contribution in [0.1, 0.15) is 42.0 Å². The molecule has 1 aromatic heterocycles. The number of amides is 1. The predicted octanol–water partition coefficient (Wildman–Crippen LogP) is 2.63. The molecular formula is C14H14F3N3O3. The number of rotatable bonds is 4. The summed E-state index contributed by atoms with van der Waals surface area (Å²) in [7, 11) is 0. The summed E-state index contributed by atoms with van der Waals surface area (Å²) in [5.41, 5.74) is -0.830. The lowest BCUT2D eigenvalue weighted by Gasteiger charge is -2.19. The molecule has 124 valence electrons. The van der Waals surface area contributed by atoms with Crippen molar-refractivity contribution in [3.63, 3.8) is 0 Å². The van der Waals surface area contributed by atoms with Crippen molar-refractivity contribution in [1.29, 1.82) is 0 Å². The van der Waals surface area contributed by atoms with Gasteiger partial charge in [0, 0.05) is 0 Å². The molecule has 23 heavy (non-hydrogen) atoms. The number of carbonyl (C=O) groups excluding carboxylic acids is 1. The average molecular weight is 329 g/mol. The Morgan fingerprint density at radius 2 is 1.96 bits per heavy atom. The fraction of sp³-hybridized carbons (Fsp3) is 0.357. The lowest BCUT2D eigenvalue weighted by Crippen LogP contribution is -2.32. The van der Waals surface area contributed by atoms with Crippen molar-refractivity contribution in [2.24, 2.45) is 5.92 Å². The van der Waals surface area contributed by atoms with E-state index in [4.69, 9.17) is 9.63 Å². The number of aryl methyl sites for hydroxylation is 1. The molecule has 6 nitrogen and oxygen atoms in total. The molecule has 0 spiro atoms. The van der Waals surface area contributed by atoms with E-state index >= 15 is 0 Å². The number of nitrogens with one attached hydrogen (secondary N) is 1. The molecule has 0 saturated heterocycles. The van der Waals surface area contributed by atoms with Gasteiger partial charge in [0.25, 0.3) is 5.91 Å². The lowest BCUT2D eigenvalue weighted by atomic mass is 10.0. The van der Waals surface area contributed by atoms with Crippen LogP contribution in [0.2, 0.25) is 0 Å². The third-order valence-corrected chi connectivity index (χ3v) is 3.14. The Morgan fingerprint density at radius 1 is 1.30 bits per heavy atom. The second-order valence-corrected chi connectivity index (χ2v) is 5.26. The Balaban J connectivity index is 2.33. The SMILES string of the molecule is Cc1noc(C(NC(=O)c2cc(F)c(F)c(O)c2F)C(C)C)n1. The van der Waals surface area contributed by atoms with Gasteiger partial charge >= 0.3 is 0 Å². The zero-order valence-electron chi connectivity index (χ0n) is 12.5. The van der Waals surface area contributed by atoms with E-state index in [1.54, 1.807) is 20.8 Å². The minimum absolute atomic E-state index is 0.0954. The van der Waals surface area contributed by atoms with Crippen LogP contribution in [0.15, 0.2) is 10.6 Å². The van der Waals surface area contributed by atoms with Crippen molar-refractivity contribution in [1.82, 2.24) is 15.5 Å². The van der Waals surface area contributed by atoms with Gasteiger partial charge in [-0.3, -0.25) is 4.79 Å². The fourth-order valence-electron chi connectivity index (χ4n) is 1.93. The normalized spacial score (nSPS) is 12.5. The number of hydrogen-bond donors (Lipinski definition) is 2. The third kappa shape index (κ3) is 3.27. The van der Waals surface area contributed by atoms with Crippen molar-refractivity contribution in [2.45, 2.75) is 26.8 Å². The van der Waals surface area contributed by atoms with E-state index < -0.39 is 40.7 Å². The molecule has 1 atom stereocenters. The van der Waals surface area contributed by atoms with E-state index in [0.29, 0.717) is 11.9 Å². The molecule has 2 rings (SSSR count). The summed E-state index contributed by atoms with van der Waals surface area (Å²) in [4.78, 5) is 16.1. The highest BCUT2D eigenvalue weighted by Crippen LogP contribution is 2.27. The van der Waals surface area contributed by atoms with Crippen molar-refractivity contribution >= 4 is 5.91 Å². The molecule has 1 aromatic carbocycles. The first kappa shape index (κ1) is 16.8. The highest BCUT2D eigenvalue weighted by Gasteiger charge is 2.28. The minimum Gasteiger partial charge on any atom is -0.503 e. The number of benzene rings is 1. The summed E-state index contributed by atoms with van der Waals surface area (Å²) in [6.07, 6.45) is 0. The number of hydrogen-bond acceptors (Lipinski definition) is 5. The van der Waals surface area contributed by atoms with Crippen LogP contribution in [0.3, 0.4) is 0 Å². The van der Waals surface area contributed by atoms with Crippen LogP contribution in [-0.2, 0) is 0 Å². The molecule has 9 heteroatoms. The molecule has 0 aliphatic rings. The van der Waals surface area contributed by atoms with Crippen LogP contribution < -0.4 is 5.32 Å². The maximum atomic E-state index is 13.8. The van der Waals surface area contributed by atoms with Gasteiger partial charge in [-0.1, -0.05) is 19.0 Å². The maximum Gasteiger partial charge on any atom is 0.255 e. The highest BCUT2D eigenvalue weighted by atomic mass is 19.2. The van der Waals surface area contributed by atoms with Crippen LogP contribution in [0.4, 0.5) is 13.2 Å². The Labute approximate surface area is 129 Å². The zero-order valence-corrected chi connectivity index (χ0v) is 12.5. The molecule has 0 radical (unpaired) electrons. The molecule has 1 unspecified atom stereocenters. The summed E-state index contributed by atoms with van der Waals surface area (Å²) in [6.45, 7) is 5.06. The Bertz CT molecular complexity index is 746. The van der Waals surface area contributed by atoms with Gasteiger partial charge in [-0.15, -0.1) is 0 Å². The van der Waals surface area contributed by atoms with Crippen LogP contribution >= 0.6 is 0 Å². The first-order valence-electron chi connectivity index (χ1n) is 6.69. The summed E-state index contributed by atoms with van der Waals surface area (Å²) in [5, 5.41) is 15.2. The summed E-state index contributed by atoms with van der Waals surface area (Å²) in [5.74, 6) is -7.21. The van der Waals surface area contributed by atoms with Crippen LogP contribution in [0.25, 0.3) is 0 Å². The summed E-state index contributed by atoms with van der Waals surface area (Å²) < 4.78 is 45.1. The standard InChI is InChI=1S/C14H14F3N3O3/c1-5(2)11(14-18-6(3)20-23-14)19-13(22)7-4-8(15)10(17)12(21)9(7)16/h4-5,11,21H,1-3H3,(H,19,22). The van der Waals surface area contributed by atoms with E-state index in [1.807, 2.05) is 0 Å². The van der Waals surface area contributed by atoms with Crippen LogP contribution in [0.5, 0.6) is 5.75 Å². The molecule has 0 saturated carbocycles. The van der Waals surface area contributed by atoms with Gasteiger partial charge in [0.05, 0.1) is 5.56 Å². The van der Waals surface area contributed by atoms with Crippen LogP contribution in [-0.4, -0.2) is 21.2 Å². The van der Waals surface area contributed by atoms with Crippen molar-refractivity contribution in [2.75, 3.05) is 0 Å². The first-order chi connectivity index (χ1) is 10.7. The smallest absolute Gasteiger partial charge is 0.255 e. The molecule has 0 aliphatic carbocycles. The van der Waals surface area contributed by atoms with E-state index in [1.165, 1.54) is 0 Å². The molecule has 1 amide bonds. The lowest BCUT2D eigenvalue weighted by molar-refractivity contribution is 0.0908. The largest absolute Gasteiger partial charge is 0.503 e. The molecule has 0 aliphatic heterocycles. The number of carbonyl (C=O) groups is 1. The van der Waals surface area contributed by atoms with Gasteiger partial charge in [0.1, 0.15) is 6.04 Å². The number of nitrogens with zero attached hydrogens (tertiary/aromatic N) is 2. The highest BCUT2D eigenvalue weighted by molar-refractivity contribution is 5.95. The van der Waals surface area contributed by atoms with Crippen LogP contribution in [0, 0.1) is 30.3 Å². The van der Waals surface area contributed by atoms with Gasteiger partial charge in [0.2, 0.25) is 11.7 Å². The summed E-state index contributed by atoms with van der Waals surface area (Å²) >= 11 is 0. The van der Waals surface area contributed by atoms with Crippen molar-refractivity contribution in [3.8, 4) is 5.75 Å². The van der Waals surface area contributed by atoms with Gasteiger partial charge in [-0.2, -0.15) is 9.37 Å². The van der Waals surface area contributed by atoms with Gasteiger partial charge in [0.15, 0.2) is 23.2 Å². The summed E-state index contributed by atoms with van der Waals surface area (Å²) in [6, 6.07) is -0.394. The molecule has 0 fully saturated rings. The number of phenolic OH excluding ortho intramolecular Hbond substituents is 1. The maximum absolute atomic E-state index is 13.8. The molecule has 2 aromatic rings. The van der Waals surface area contributed by atoms with Gasteiger partial charge < -0.3 is 14.9 Å². The second kappa shape index (κ2) is 6.27. The first-order valence-corrected chi connectivity index (χ1v) is 6.69. The fourth-order valence-corrected chi connectivity index (χ4v) is 1.93. The zero-order chi connectivity index (χ0) is 17.3. The van der Waals surface area contributed by atoms with Crippen molar-refractivity contribution in [3.05, 3.63) is 40.8 Å². The molecule has 2 N–H and O–H groups in total. The van der Waals surface area contributed by atoms with E-state index in [9.17, 15) is 18.0 Å². The van der Waals surface area contributed by atoms with Gasteiger partial charge in [-0.25, -0.2) is 8.78 Å². The predicted molar refractivity (Wildman–Crippen MR) is 72.1 cm³/mol. The number of aromatic hydroxyl groups is 1. The third-order valence-electron chi connectivity index (χ3n) is 3.14. The van der Waals surface area contributed by atoms with E-state index in [0.717, 1.165) is 0 Å². The van der Waals surface area contributed by atoms with E-state index in [2.05, 4.69) is 15.5 Å². The molecular weight excluding hydrogens is 315 g/mol. The van der Waals surface area contributed by atoms with Gasteiger partial charge in [-0.05, 0) is 18.9 Å². The molecule has 0 bridgehead atoms. The number of phenols is 1. The minimum atomic E-state index is -1.76. The Kier molecular flexibility index (Phi) is 4.57. The Hall–Kier alpha value is -2.58. The van der Waals surface area contributed by atoms with Crippen molar-refractivity contribution < 1.29 is 27.6 Å². The quantitative estimate of drug-likeness (QED) is 0.842. The number of aromatic nitrogens is 2. The van der Waals surface area contributed by atoms with E-state index in [-0.39, 0.29) is 11.8 Å². The second-order valence-electron chi connectivity index (χ2n) is 5.26. The monoisotopic (exact) mass is 329 g/mol. The topological polar surface area (TPSA) is 88.2 Å².